The highest BCUT2D eigenvalue weighted by atomic mass is 79.9. The third kappa shape index (κ3) is 3.36. The molecule has 1 aromatic rings. The minimum atomic E-state index is 0.229. The van der Waals surface area contributed by atoms with Crippen molar-refractivity contribution in [3.05, 3.63) is 28.2 Å². The molecule has 0 aromatic heterocycles. The Morgan fingerprint density at radius 1 is 1.46 bits per heavy atom. The van der Waals surface area contributed by atoms with Gasteiger partial charge in [-0.25, -0.2) is 0 Å². The highest BCUT2D eigenvalue weighted by Gasteiger charge is 2.00. The highest BCUT2D eigenvalue weighted by Crippen LogP contribution is 2.24. The van der Waals surface area contributed by atoms with Crippen LogP contribution in [0.15, 0.2) is 22.7 Å². The van der Waals surface area contributed by atoms with Crippen molar-refractivity contribution in [2.75, 3.05) is 0 Å². The van der Waals surface area contributed by atoms with E-state index in [9.17, 15) is 5.11 Å². The van der Waals surface area contributed by atoms with Crippen LogP contribution in [0.1, 0.15) is 19.4 Å². The van der Waals surface area contributed by atoms with Gasteiger partial charge >= 0.3 is 0 Å². The Kier molecular flexibility index (Phi) is 3.75. The summed E-state index contributed by atoms with van der Waals surface area (Å²) in [4.78, 5) is 0. The molecule has 0 aliphatic carbocycles. The van der Waals surface area contributed by atoms with E-state index in [0.717, 1.165) is 5.56 Å². The van der Waals surface area contributed by atoms with E-state index >= 15 is 0 Å². The number of phenolic OH excluding ortho intramolecular Hbond substituents is 1. The van der Waals surface area contributed by atoms with Crippen LogP contribution in [0.3, 0.4) is 0 Å². The molecule has 0 bridgehead atoms. The van der Waals surface area contributed by atoms with E-state index in [4.69, 9.17) is 4.74 Å². The summed E-state index contributed by atoms with van der Waals surface area (Å²) in [7, 11) is 0. The maximum atomic E-state index is 9.23. The zero-order valence-corrected chi connectivity index (χ0v) is 9.34. The maximum Gasteiger partial charge on any atom is 0.129 e. The molecule has 1 rings (SSSR count). The summed E-state index contributed by atoms with van der Waals surface area (Å²) in [6.07, 6.45) is 0.229. The van der Waals surface area contributed by atoms with Crippen molar-refractivity contribution in [1.29, 1.82) is 0 Å². The van der Waals surface area contributed by atoms with Gasteiger partial charge in [0, 0.05) is 0 Å². The number of ether oxygens (including phenoxy) is 1. The van der Waals surface area contributed by atoms with Gasteiger partial charge in [0.05, 0.1) is 17.2 Å². The average Bonchev–Trinajstić information content (AvgIpc) is 2.07. The van der Waals surface area contributed by atoms with Gasteiger partial charge in [-0.2, -0.15) is 0 Å². The summed E-state index contributed by atoms with van der Waals surface area (Å²) < 4.78 is 6.13. The van der Waals surface area contributed by atoms with E-state index in [0.29, 0.717) is 11.1 Å². The first kappa shape index (κ1) is 10.5. The van der Waals surface area contributed by atoms with Gasteiger partial charge < -0.3 is 9.84 Å². The normalized spacial score (nSPS) is 10.8. The molecule has 0 radical (unpaired) electrons. The van der Waals surface area contributed by atoms with Gasteiger partial charge in [-0.15, -0.1) is 0 Å². The first-order valence-corrected chi connectivity index (χ1v) is 4.98. The van der Waals surface area contributed by atoms with Crippen molar-refractivity contribution in [2.45, 2.75) is 26.6 Å². The maximum absolute atomic E-state index is 9.23. The lowest BCUT2D eigenvalue weighted by Gasteiger charge is -2.07. The molecule has 0 saturated heterocycles. The lowest BCUT2D eigenvalue weighted by Crippen LogP contribution is -2.01. The zero-order valence-electron chi connectivity index (χ0n) is 7.75. The first-order chi connectivity index (χ1) is 6.09. The topological polar surface area (TPSA) is 29.5 Å². The van der Waals surface area contributed by atoms with Gasteiger partial charge in [-0.3, -0.25) is 0 Å². The first-order valence-electron chi connectivity index (χ1n) is 4.18. The van der Waals surface area contributed by atoms with Gasteiger partial charge in [-0.1, -0.05) is 6.07 Å². The fourth-order valence-corrected chi connectivity index (χ4v) is 1.33. The Morgan fingerprint density at radius 3 is 2.69 bits per heavy atom. The molecule has 0 atom stereocenters. The van der Waals surface area contributed by atoms with Crippen molar-refractivity contribution in [3.63, 3.8) is 0 Å². The van der Waals surface area contributed by atoms with Crippen molar-refractivity contribution in [2.24, 2.45) is 0 Å². The molecular formula is C10H13BrO2. The predicted octanol–water partition coefficient (Wildman–Crippen LogP) is 3.08. The summed E-state index contributed by atoms with van der Waals surface area (Å²) in [6, 6.07) is 5.36. The predicted molar refractivity (Wildman–Crippen MR) is 55.7 cm³/mol. The van der Waals surface area contributed by atoms with Crippen LogP contribution in [0.2, 0.25) is 0 Å². The van der Waals surface area contributed by atoms with Gasteiger partial charge in [0.2, 0.25) is 0 Å². The van der Waals surface area contributed by atoms with E-state index in [-0.39, 0.29) is 11.9 Å². The van der Waals surface area contributed by atoms with E-state index in [1.807, 2.05) is 26.0 Å². The number of aromatic hydroxyl groups is 1. The van der Waals surface area contributed by atoms with Crippen LogP contribution < -0.4 is 0 Å². The Balaban J connectivity index is 2.63. The van der Waals surface area contributed by atoms with Gasteiger partial charge in [-0.05, 0) is 47.5 Å². The summed E-state index contributed by atoms with van der Waals surface area (Å²) in [6.45, 7) is 4.57. The lowest BCUT2D eigenvalue weighted by atomic mass is 10.2. The molecule has 1 N–H and O–H groups in total. The van der Waals surface area contributed by atoms with Crippen molar-refractivity contribution < 1.29 is 9.84 Å². The van der Waals surface area contributed by atoms with Crippen LogP contribution in [0, 0.1) is 0 Å². The number of halogens is 1. The molecule has 0 heterocycles. The minimum Gasteiger partial charge on any atom is -0.507 e. The molecule has 0 fully saturated rings. The van der Waals surface area contributed by atoms with E-state index in [2.05, 4.69) is 15.9 Å². The van der Waals surface area contributed by atoms with E-state index in [1.165, 1.54) is 0 Å². The molecule has 13 heavy (non-hydrogen) atoms. The van der Waals surface area contributed by atoms with E-state index < -0.39 is 0 Å². The summed E-state index contributed by atoms with van der Waals surface area (Å²) in [5, 5.41) is 9.23. The molecule has 3 heteroatoms. The lowest BCUT2D eigenvalue weighted by molar-refractivity contribution is 0.0656. The molecule has 0 aliphatic heterocycles. The molecular weight excluding hydrogens is 232 g/mol. The molecule has 2 nitrogen and oxygen atoms in total. The second-order valence-electron chi connectivity index (χ2n) is 3.15. The average molecular weight is 245 g/mol. The monoisotopic (exact) mass is 244 g/mol. The molecule has 0 spiro atoms. The molecule has 0 unspecified atom stereocenters. The molecule has 1 aromatic carbocycles. The standard InChI is InChI=1S/C10H13BrO2/c1-7(2)13-6-8-3-4-10(12)9(11)5-8/h3-5,7,12H,6H2,1-2H3. The Morgan fingerprint density at radius 2 is 2.15 bits per heavy atom. The van der Waals surface area contributed by atoms with Crippen LogP contribution in [0.4, 0.5) is 0 Å². The van der Waals surface area contributed by atoms with E-state index in [1.54, 1.807) is 6.07 Å². The SMILES string of the molecule is CC(C)OCc1ccc(O)c(Br)c1. The number of hydrogen-bond donors (Lipinski definition) is 1. The minimum absolute atomic E-state index is 0.229. The summed E-state index contributed by atoms with van der Waals surface area (Å²) in [5.74, 6) is 0.258. The molecule has 0 saturated carbocycles. The fraction of sp³-hybridized carbons (Fsp3) is 0.400. The van der Waals surface area contributed by atoms with Crippen LogP contribution in [0.25, 0.3) is 0 Å². The third-order valence-electron chi connectivity index (χ3n) is 1.60. The van der Waals surface area contributed by atoms with Crippen LogP contribution >= 0.6 is 15.9 Å². The zero-order chi connectivity index (χ0) is 9.84. The van der Waals surface area contributed by atoms with Crippen molar-refractivity contribution in [1.82, 2.24) is 0 Å². The highest BCUT2D eigenvalue weighted by molar-refractivity contribution is 9.10. The Labute approximate surface area is 86.7 Å². The van der Waals surface area contributed by atoms with Crippen molar-refractivity contribution in [3.8, 4) is 5.75 Å². The third-order valence-corrected chi connectivity index (χ3v) is 2.23. The molecule has 72 valence electrons. The Bertz CT molecular complexity index is 284. The van der Waals surface area contributed by atoms with Crippen LogP contribution in [0.5, 0.6) is 5.75 Å². The van der Waals surface area contributed by atoms with Crippen LogP contribution in [-0.2, 0) is 11.3 Å². The quantitative estimate of drug-likeness (QED) is 0.886. The van der Waals surface area contributed by atoms with Crippen LogP contribution in [-0.4, -0.2) is 11.2 Å². The second kappa shape index (κ2) is 4.63. The number of hydrogen-bond acceptors (Lipinski definition) is 2. The second-order valence-corrected chi connectivity index (χ2v) is 4.00. The van der Waals surface area contributed by atoms with Crippen molar-refractivity contribution >= 4 is 15.9 Å². The molecule has 0 aliphatic rings. The fourth-order valence-electron chi connectivity index (χ4n) is 0.903. The van der Waals surface area contributed by atoms with Gasteiger partial charge in [0.1, 0.15) is 5.75 Å². The largest absolute Gasteiger partial charge is 0.507 e. The Hall–Kier alpha value is -0.540. The molecule has 0 amide bonds. The van der Waals surface area contributed by atoms with Gasteiger partial charge in [0.15, 0.2) is 0 Å². The number of benzene rings is 1. The smallest absolute Gasteiger partial charge is 0.129 e. The number of phenols is 1. The summed E-state index contributed by atoms with van der Waals surface area (Å²) >= 11 is 3.25. The number of rotatable bonds is 3. The summed E-state index contributed by atoms with van der Waals surface area (Å²) in [5.41, 5.74) is 1.05. The van der Waals surface area contributed by atoms with Gasteiger partial charge in [0.25, 0.3) is 0 Å².